The number of anilines is 1. The van der Waals surface area contributed by atoms with Gasteiger partial charge in [-0.2, -0.15) is 0 Å². The number of amides is 1. The smallest absolute Gasteiger partial charge is 0.251 e. The molecule has 7 heteroatoms. The van der Waals surface area contributed by atoms with E-state index in [9.17, 15) is 4.79 Å². The summed E-state index contributed by atoms with van der Waals surface area (Å²) in [5.74, 6) is -0.103. The van der Waals surface area contributed by atoms with Crippen LogP contribution in [0.15, 0.2) is 42.7 Å². The fourth-order valence-corrected chi connectivity index (χ4v) is 3.93. The number of halogens is 1. The topological polar surface area (TPSA) is 73.1 Å². The Kier molecular flexibility index (Phi) is 5.01. The third-order valence-corrected chi connectivity index (χ3v) is 5.25. The molecule has 1 aliphatic rings. The molecule has 0 saturated carbocycles. The molecule has 4 rings (SSSR count). The van der Waals surface area contributed by atoms with E-state index in [0.29, 0.717) is 5.56 Å². The maximum absolute atomic E-state index is 12.2. The van der Waals surface area contributed by atoms with E-state index in [2.05, 4.69) is 31.6 Å². The minimum atomic E-state index is -0.103. The van der Waals surface area contributed by atoms with Crippen molar-refractivity contribution in [1.82, 2.24) is 20.6 Å². The molecule has 3 aromatic rings. The molecule has 1 atom stereocenters. The lowest BCUT2D eigenvalue weighted by atomic mass is 10.0. The second kappa shape index (κ2) is 7.58. The molecule has 2 heterocycles. The quantitative estimate of drug-likeness (QED) is 0.647. The van der Waals surface area contributed by atoms with Gasteiger partial charge >= 0.3 is 0 Å². The molecule has 0 spiro atoms. The molecule has 2 aromatic carbocycles. The molecule has 0 radical (unpaired) electrons. The lowest BCUT2D eigenvalue weighted by Crippen LogP contribution is -2.52. The first-order chi connectivity index (χ1) is 13.2. The summed E-state index contributed by atoms with van der Waals surface area (Å²) in [7, 11) is 1.64. The fraction of sp³-hybridized carbons (Fsp3) is 0.300. The standard InChI is InChI=1S/C20H22ClN5O/c1-22-20(27)14-9-17-19(25-12-24-17)18(10-14)26-6-5-23-11-16(26)8-13-3-2-4-15(21)7-13/h2-4,7,9-10,12,16,23H,5-6,8,11H2,1H3,(H,22,27)(H,24,25). The lowest BCUT2D eigenvalue weighted by molar-refractivity contribution is 0.0963. The number of hydrogen-bond acceptors (Lipinski definition) is 4. The van der Waals surface area contributed by atoms with Crippen LogP contribution in [-0.4, -0.2) is 48.6 Å². The summed E-state index contributed by atoms with van der Waals surface area (Å²) in [6, 6.07) is 12.0. The zero-order valence-corrected chi connectivity index (χ0v) is 15.9. The van der Waals surface area contributed by atoms with Gasteiger partial charge in [-0.15, -0.1) is 0 Å². The van der Waals surface area contributed by atoms with Crippen LogP contribution >= 0.6 is 11.6 Å². The van der Waals surface area contributed by atoms with Gasteiger partial charge in [0.05, 0.1) is 17.5 Å². The van der Waals surface area contributed by atoms with E-state index in [1.807, 2.05) is 30.3 Å². The number of aromatic nitrogens is 2. The van der Waals surface area contributed by atoms with Crippen LogP contribution in [0.1, 0.15) is 15.9 Å². The van der Waals surface area contributed by atoms with Crippen molar-refractivity contribution in [2.24, 2.45) is 0 Å². The van der Waals surface area contributed by atoms with Crippen LogP contribution in [0.5, 0.6) is 0 Å². The highest BCUT2D eigenvalue weighted by Gasteiger charge is 2.26. The average molecular weight is 384 g/mol. The Morgan fingerprint density at radius 3 is 3.07 bits per heavy atom. The Hall–Kier alpha value is -2.57. The van der Waals surface area contributed by atoms with Crippen molar-refractivity contribution in [2.75, 3.05) is 31.6 Å². The van der Waals surface area contributed by atoms with E-state index in [0.717, 1.165) is 47.8 Å². The normalized spacial score (nSPS) is 17.3. The molecule has 1 aromatic heterocycles. The Morgan fingerprint density at radius 2 is 2.26 bits per heavy atom. The highest BCUT2D eigenvalue weighted by atomic mass is 35.5. The summed E-state index contributed by atoms with van der Waals surface area (Å²) < 4.78 is 0. The van der Waals surface area contributed by atoms with Crippen LogP contribution in [0.3, 0.4) is 0 Å². The number of fused-ring (bicyclic) bond motifs is 1. The predicted molar refractivity (Wildman–Crippen MR) is 109 cm³/mol. The van der Waals surface area contributed by atoms with Gasteiger partial charge in [0.15, 0.2) is 0 Å². The summed E-state index contributed by atoms with van der Waals surface area (Å²) in [5, 5.41) is 6.93. The van der Waals surface area contributed by atoms with Gasteiger partial charge in [0.2, 0.25) is 0 Å². The maximum Gasteiger partial charge on any atom is 0.251 e. The first-order valence-corrected chi connectivity index (χ1v) is 9.44. The number of benzene rings is 2. The number of nitrogens with one attached hydrogen (secondary N) is 3. The van der Waals surface area contributed by atoms with Crippen molar-refractivity contribution < 1.29 is 4.79 Å². The number of aromatic amines is 1. The zero-order chi connectivity index (χ0) is 18.8. The van der Waals surface area contributed by atoms with Crippen LogP contribution in [0.25, 0.3) is 11.0 Å². The van der Waals surface area contributed by atoms with Crippen molar-refractivity contribution >= 4 is 34.2 Å². The van der Waals surface area contributed by atoms with Crippen molar-refractivity contribution in [3.63, 3.8) is 0 Å². The van der Waals surface area contributed by atoms with Gasteiger partial charge in [0, 0.05) is 43.3 Å². The number of piperazine rings is 1. The number of H-pyrrole nitrogens is 1. The SMILES string of the molecule is CNC(=O)c1cc(N2CCNCC2Cc2cccc(Cl)c2)c2nc[nH]c2c1. The van der Waals surface area contributed by atoms with Gasteiger partial charge in [-0.1, -0.05) is 23.7 Å². The predicted octanol–water partition coefficient (Wildman–Crippen LogP) is 2.60. The van der Waals surface area contributed by atoms with Crippen LogP contribution in [0.4, 0.5) is 5.69 Å². The lowest BCUT2D eigenvalue weighted by Gasteiger charge is -2.38. The molecule has 1 saturated heterocycles. The van der Waals surface area contributed by atoms with Crippen LogP contribution in [0.2, 0.25) is 5.02 Å². The molecule has 1 aliphatic heterocycles. The molecule has 1 fully saturated rings. The fourth-order valence-electron chi connectivity index (χ4n) is 3.72. The molecule has 6 nitrogen and oxygen atoms in total. The van der Waals surface area contributed by atoms with Gasteiger partial charge in [-0.25, -0.2) is 4.98 Å². The molecule has 1 amide bonds. The number of carbonyl (C=O) groups is 1. The second-order valence-corrected chi connectivity index (χ2v) is 7.20. The molecule has 1 unspecified atom stereocenters. The molecule has 140 valence electrons. The average Bonchev–Trinajstić information content (AvgIpc) is 3.16. The number of nitrogens with zero attached hydrogens (tertiary/aromatic N) is 2. The third kappa shape index (κ3) is 3.63. The van der Waals surface area contributed by atoms with Gasteiger partial charge < -0.3 is 20.5 Å². The van der Waals surface area contributed by atoms with Gasteiger partial charge in [-0.3, -0.25) is 4.79 Å². The van der Waals surface area contributed by atoms with E-state index in [1.54, 1.807) is 13.4 Å². The van der Waals surface area contributed by atoms with E-state index in [1.165, 1.54) is 5.56 Å². The summed E-state index contributed by atoms with van der Waals surface area (Å²) in [5.41, 5.74) is 4.57. The van der Waals surface area contributed by atoms with Crippen molar-refractivity contribution in [1.29, 1.82) is 0 Å². The first-order valence-electron chi connectivity index (χ1n) is 9.06. The van der Waals surface area contributed by atoms with Crippen molar-refractivity contribution in [2.45, 2.75) is 12.5 Å². The van der Waals surface area contributed by atoms with E-state index < -0.39 is 0 Å². The monoisotopic (exact) mass is 383 g/mol. The molecule has 27 heavy (non-hydrogen) atoms. The molecular formula is C20H22ClN5O. The Labute approximate surface area is 162 Å². The Balaban J connectivity index is 1.73. The maximum atomic E-state index is 12.2. The second-order valence-electron chi connectivity index (χ2n) is 6.76. The van der Waals surface area contributed by atoms with Crippen LogP contribution in [-0.2, 0) is 6.42 Å². The number of imidazole rings is 1. The Bertz CT molecular complexity index is 970. The van der Waals surface area contributed by atoms with Crippen molar-refractivity contribution in [3.8, 4) is 0 Å². The molecular weight excluding hydrogens is 362 g/mol. The third-order valence-electron chi connectivity index (χ3n) is 5.01. The first kappa shape index (κ1) is 17.8. The number of hydrogen-bond donors (Lipinski definition) is 3. The largest absolute Gasteiger partial charge is 0.364 e. The van der Waals surface area contributed by atoms with Crippen LogP contribution in [0, 0.1) is 0 Å². The summed E-state index contributed by atoms with van der Waals surface area (Å²) in [6.07, 6.45) is 2.54. The van der Waals surface area contributed by atoms with E-state index in [4.69, 9.17) is 11.6 Å². The molecule has 3 N–H and O–H groups in total. The summed E-state index contributed by atoms with van der Waals surface area (Å²) >= 11 is 6.16. The van der Waals surface area contributed by atoms with E-state index >= 15 is 0 Å². The summed E-state index contributed by atoms with van der Waals surface area (Å²) in [6.45, 7) is 2.61. The Morgan fingerprint density at radius 1 is 1.37 bits per heavy atom. The highest BCUT2D eigenvalue weighted by molar-refractivity contribution is 6.30. The van der Waals surface area contributed by atoms with E-state index in [-0.39, 0.29) is 11.9 Å². The minimum Gasteiger partial charge on any atom is -0.364 e. The van der Waals surface area contributed by atoms with Gasteiger partial charge in [0.1, 0.15) is 5.52 Å². The number of carbonyl (C=O) groups excluding carboxylic acids is 1. The summed E-state index contributed by atoms with van der Waals surface area (Å²) in [4.78, 5) is 22.2. The molecule has 0 aliphatic carbocycles. The highest BCUT2D eigenvalue weighted by Crippen LogP contribution is 2.29. The van der Waals surface area contributed by atoms with Gasteiger partial charge in [0.25, 0.3) is 5.91 Å². The zero-order valence-electron chi connectivity index (χ0n) is 15.1. The molecule has 0 bridgehead atoms. The number of rotatable bonds is 4. The van der Waals surface area contributed by atoms with Gasteiger partial charge in [-0.05, 0) is 36.2 Å². The van der Waals surface area contributed by atoms with Crippen molar-refractivity contribution in [3.05, 3.63) is 58.9 Å². The van der Waals surface area contributed by atoms with Crippen LogP contribution < -0.4 is 15.5 Å². The minimum absolute atomic E-state index is 0.103.